The monoisotopic (exact) mass is 384 g/mol. The lowest BCUT2D eigenvalue weighted by Crippen LogP contribution is -2.36. The standard InChI is InChI=1S/C20H29F2NO4/c1-2-3-4-7-10-17(24)13-12-16-15-20(21,22)19(27)23(16)14-9-6-5-8-11-18(25)26/h12-13,16-17,24H,2,5-11,14-15H2,1H3,(H,25,26)/p-1/b13-12+/t16-,17?/m0/s1. The molecule has 0 bridgehead atoms. The summed E-state index contributed by atoms with van der Waals surface area (Å²) >= 11 is 0. The number of carboxylic acid groups (broad SMARTS) is 1. The molecule has 0 aromatic carbocycles. The summed E-state index contributed by atoms with van der Waals surface area (Å²) in [7, 11) is 0. The lowest BCUT2D eigenvalue weighted by atomic mass is 10.1. The van der Waals surface area contributed by atoms with Gasteiger partial charge in [-0.15, -0.1) is 11.8 Å². The molecule has 0 spiro atoms. The van der Waals surface area contributed by atoms with Crippen LogP contribution in [0.4, 0.5) is 8.78 Å². The zero-order chi connectivity index (χ0) is 20.3. The Morgan fingerprint density at radius 3 is 2.74 bits per heavy atom. The van der Waals surface area contributed by atoms with E-state index in [2.05, 4.69) is 11.8 Å². The van der Waals surface area contributed by atoms with E-state index in [0.717, 1.165) is 11.3 Å². The van der Waals surface area contributed by atoms with E-state index in [1.807, 2.05) is 6.92 Å². The normalized spacial score (nSPS) is 19.9. The summed E-state index contributed by atoms with van der Waals surface area (Å²) in [5, 5.41) is 20.3. The van der Waals surface area contributed by atoms with E-state index >= 15 is 0 Å². The number of alkyl halides is 2. The molecule has 1 heterocycles. The number of amides is 1. The maximum Gasteiger partial charge on any atom is 0.327 e. The molecule has 1 unspecified atom stereocenters. The Kier molecular flexibility index (Phi) is 10.0. The Bertz CT molecular complexity index is 580. The van der Waals surface area contributed by atoms with Crippen molar-refractivity contribution in [3.63, 3.8) is 0 Å². The molecular formula is C20H28F2NO4-. The molecule has 1 rings (SSSR count). The third-order valence-corrected chi connectivity index (χ3v) is 4.39. The summed E-state index contributed by atoms with van der Waals surface area (Å²) < 4.78 is 27.6. The Balaban J connectivity index is 2.50. The Morgan fingerprint density at radius 2 is 2.07 bits per heavy atom. The molecule has 0 saturated carbocycles. The number of hydrogen-bond donors (Lipinski definition) is 1. The van der Waals surface area contributed by atoms with Crippen molar-refractivity contribution in [2.24, 2.45) is 0 Å². The minimum atomic E-state index is -3.39. The third-order valence-electron chi connectivity index (χ3n) is 4.39. The van der Waals surface area contributed by atoms with Gasteiger partial charge in [0.15, 0.2) is 0 Å². The minimum Gasteiger partial charge on any atom is -0.550 e. The lowest BCUT2D eigenvalue weighted by molar-refractivity contribution is -0.305. The van der Waals surface area contributed by atoms with Crippen molar-refractivity contribution >= 4 is 11.9 Å². The molecular weight excluding hydrogens is 356 g/mol. The Hall–Kier alpha value is -1.94. The van der Waals surface area contributed by atoms with Crippen LogP contribution in [0, 0.1) is 11.8 Å². The van der Waals surface area contributed by atoms with E-state index < -0.39 is 36.4 Å². The zero-order valence-corrected chi connectivity index (χ0v) is 15.8. The number of rotatable bonds is 11. The number of likely N-dealkylation sites (tertiary alicyclic amines) is 1. The number of unbranched alkanes of at least 4 members (excludes halogenated alkanes) is 3. The number of aliphatic hydroxyl groups is 1. The fraction of sp³-hybridized carbons (Fsp3) is 0.700. The maximum atomic E-state index is 13.8. The van der Waals surface area contributed by atoms with Gasteiger partial charge in [0.05, 0.1) is 12.1 Å². The molecule has 0 radical (unpaired) electrons. The molecule has 1 saturated heterocycles. The van der Waals surface area contributed by atoms with E-state index in [0.29, 0.717) is 38.5 Å². The lowest BCUT2D eigenvalue weighted by Gasteiger charge is -2.22. The van der Waals surface area contributed by atoms with E-state index in [1.165, 1.54) is 12.2 Å². The number of carbonyl (C=O) groups is 2. The molecule has 1 aliphatic heterocycles. The van der Waals surface area contributed by atoms with Crippen molar-refractivity contribution < 1.29 is 28.6 Å². The van der Waals surface area contributed by atoms with Crippen molar-refractivity contribution in [2.45, 2.75) is 82.8 Å². The van der Waals surface area contributed by atoms with Gasteiger partial charge in [-0.2, -0.15) is 8.78 Å². The molecule has 5 nitrogen and oxygen atoms in total. The number of nitrogens with zero attached hydrogens (tertiary/aromatic N) is 1. The van der Waals surface area contributed by atoms with Gasteiger partial charge in [0.2, 0.25) is 0 Å². The highest BCUT2D eigenvalue weighted by atomic mass is 19.3. The van der Waals surface area contributed by atoms with Gasteiger partial charge in [0, 0.05) is 31.8 Å². The van der Waals surface area contributed by atoms with Gasteiger partial charge in [-0.05, 0) is 25.7 Å². The van der Waals surface area contributed by atoms with Crippen LogP contribution in [-0.4, -0.2) is 46.5 Å². The summed E-state index contributed by atoms with van der Waals surface area (Å²) in [6.07, 6.45) is 5.52. The first-order valence-corrected chi connectivity index (χ1v) is 9.48. The molecule has 0 aliphatic carbocycles. The van der Waals surface area contributed by atoms with Crippen LogP contribution in [0.1, 0.15) is 64.7 Å². The van der Waals surface area contributed by atoms with Gasteiger partial charge >= 0.3 is 5.92 Å². The molecule has 1 fully saturated rings. The molecule has 7 heteroatoms. The Labute approximate surface area is 159 Å². The number of aliphatic hydroxyl groups excluding tert-OH is 1. The van der Waals surface area contributed by atoms with Gasteiger partial charge in [-0.1, -0.05) is 31.9 Å². The van der Waals surface area contributed by atoms with Gasteiger partial charge < -0.3 is 19.9 Å². The molecule has 1 aliphatic rings. The number of halogens is 2. The second kappa shape index (κ2) is 11.7. The fourth-order valence-electron chi connectivity index (χ4n) is 2.95. The maximum absolute atomic E-state index is 13.8. The van der Waals surface area contributed by atoms with Crippen LogP contribution in [0.15, 0.2) is 12.2 Å². The quantitative estimate of drug-likeness (QED) is 0.336. The highest BCUT2D eigenvalue weighted by Crippen LogP contribution is 2.34. The first-order chi connectivity index (χ1) is 12.8. The second-order valence-corrected chi connectivity index (χ2v) is 6.71. The van der Waals surface area contributed by atoms with Crippen molar-refractivity contribution in [3.8, 4) is 11.8 Å². The van der Waals surface area contributed by atoms with Crippen LogP contribution in [0.25, 0.3) is 0 Å². The van der Waals surface area contributed by atoms with Crippen molar-refractivity contribution in [2.75, 3.05) is 6.54 Å². The fourth-order valence-corrected chi connectivity index (χ4v) is 2.95. The SMILES string of the molecule is CCC#CCCC(O)/C=C/[C@H]1CC(F)(F)C(=O)N1CCCCCCC(=O)[O-]. The summed E-state index contributed by atoms with van der Waals surface area (Å²) in [5.74, 6) is 0.125. The summed E-state index contributed by atoms with van der Waals surface area (Å²) in [6, 6.07) is -0.743. The Morgan fingerprint density at radius 1 is 1.37 bits per heavy atom. The summed E-state index contributed by atoms with van der Waals surface area (Å²) in [6.45, 7) is 2.12. The third kappa shape index (κ3) is 8.53. The van der Waals surface area contributed by atoms with Crippen LogP contribution in [0.2, 0.25) is 0 Å². The van der Waals surface area contributed by atoms with E-state index in [-0.39, 0.29) is 13.0 Å². The first-order valence-electron chi connectivity index (χ1n) is 9.48. The summed E-state index contributed by atoms with van der Waals surface area (Å²) in [5.41, 5.74) is 0. The van der Waals surface area contributed by atoms with Crippen molar-refractivity contribution in [1.29, 1.82) is 0 Å². The van der Waals surface area contributed by atoms with E-state index in [1.54, 1.807) is 0 Å². The molecule has 0 aromatic heterocycles. The smallest absolute Gasteiger partial charge is 0.327 e. The number of aliphatic carboxylic acids is 1. The average molecular weight is 384 g/mol. The van der Waals surface area contributed by atoms with Gasteiger partial charge in [-0.3, -0.25) is 4.79 Å². The minimum absolute atomic E-state index is 0.0212. The number of carbonyl (C=O) groups excluding carboxylic acids is 2. The largest absolute Gasteiger partial charge is 0.550 e. The molecule has 152 valence electrons. The number of carboxylic acids is 1. The van der Waals surface area contributed by atoms with Crippen molar-refractivity contribution in [3.05, 3.63) is 12.2 Å². The molecule has 0 aromatic rings. The highest BCUT2D eigenvalue weighted by Gasteiger charge is 2.52. The predicted molar refractivity (Wildman–Crippen MR) is 95.6 cm³/mol. The number of hydrogen-bond acceptors (Lipinski definition) is 4. The molecule has 27 heavy (non-hydrogen) atoms. The van der Waals surface area contributed by atoms with Crippen LogP contribution in [0.3, 0.4) is 0 Å². The van der Waals surface area contributed by atoms with Gasteiger partial charge in [0.25, 0.3) is 5.91 Å². The van der Waals surface area contributed by atoms with Crippen LogP contribution >= 0.6 is 0 Å². The molecule has 1 amide bonds. The summed E-state index contributed by atoms with van der Waals surface area (Å²) in [4.78, 5) is 23.4. The van der Waals surface area contributed by atoms with Gasteiger partial charge in [-0.25, -0.2) is 0 Å². The van der Waals surface area contributed by atoms with Crippen LogP contribution < -0.4 is 5.11 Å². The van der Waals surface area contributed by atoms with Crippen molar-refractivity contribution in [1.82, 2.24) is 4.90 Å². The molecule has 2 atom stereocenters. The topological polar surface area (TPSA) is 80.7 Å². The zero-order valence-electron chi connectivity index (χ0n) is 15.8. The van der Waals surface area contributed by atoms with E-state index in [4.69, 9.17) is 0 Å². The van der Waals surface area contributed by atoms with Crippen LogP contribution in [0.5, 0.6) is 0 Å². The molecule has 1 N–H and O–H groups in total. The van der Waals surface area contributed by atoms with Crippen LogP contribution in [-0.2, 0) is 9.59 Å². The van der Waals surface area contributed by atoms with Gasteiger partial charge in [0.1, 0.15) is 0 Å². The first kappa shape index (κ1) is 23.1. The average Bonchev–Trinajstić information content (AvgIpc) is 2.82. The van der Waals surface area contributed by atoms with E-state index in [9.17, 15) is 28.6 Å². The predicted octanol–water partition coefficient (Wildman–Crippen LogP) is 2.03. The second-order valence-electron chi connectivity index (χ2n) is 6.71. The highest BCUT2D eigenvalue weighted by molar-refractivity contribution is 5.86.